The monoisotopic (exact) mass is 291 g/mol. The zero-order chi connectivity index (χ0) is 14.7. The van der Waals surface area contributed by atoms with Crippen molar-refractivity contribution in [1.82, 2.24) is 9.80 Å². The summed E-state index contributed by atoms with van der Waals surface area (Å²) in [5.41, 5.74) is 7.03. The minimum absolute atomic E-state index is 0.0645. The molecular weight excluding hydrogens is 270 g/mol. The van der Waals surface area contributed by atoms with E-state index in [0.29, 0.717) is 16.6 Å². The normalized spacial score (nSPS) is 19.9. The lowest BCUT2D eigenvalue weighted by Crippen LogP contribution is -2.52. The molecular formula is C15H21N3OS. The van der Waals surface area contributed by atoms with Gasteiger partial charge in [0.1, 0.15) is 4.99 Å². The number of likely N-dealkylation sites (N-methyl/N-ethyl adjacent to an activating group) is 1. The molecule has 1 atom stereocenters. The number of piperazine rings is 1. The van der Waals surface area contributed by atoms with Crippen molar-refractivity contribution in [2.75, 3.05) is 26.7 Å². The molecule has 0 aromatic heterocycles. The van der Waals surface area contributed by atoms with E-state index in [1.807, 2.05) is 23.1 Å². The van der Waals surface area contributed by atoms with Gasteiger partial charge >= 0.3 is 0 Å². The smallest absolute Gasteiger partial charge is 0.253 e. The van der Waals surface area contributed by atoms with E-state index in [1.54, 1.807) is 6.07 Å². The Kier molecular flexibility index (Phi) is 4.73. The fourth-order valence-electron chi connectivity index (χ4n) is 2.56. The number of benzene rings is 1. The highest BCUT2D eigenvalue weighted by molar-refractivity contribution is 7.80. The van der Waals surface area contributed by atoms with Crippen LogP contribution in [-0.2, 0) is 0 Å². The molecule has 1 unspecified atom stereocenters. The van der Waals surface area contributed by atoms with Gasteiger partial charge < -0.3 is 10.6 Å². The summed E-state index contributed by atoms with van der Waals surface area (Å²) in [6.45, 7) is 4.62. The molecule has 1 saturated heterocycles. The molecule has 1 fully saturated rings. The molecule has 0 bridgehead atoms. The van der Waals surface area contributed by atoms with Gasteiger partial charge in [-0.25, -0.2) is 0 Å². The van der Waals surface area contributed by atoms with Crippen LogP contribution in [0.5, 0.6) is 0 Å². The zero-order valence-electron chi connectivity index (χ0n) is 12.0. The quantitative estimate of drug-likeness (QED) is 0.857. The number of carbonyl (C=O) groups is 1. The first-order valence-electron chi connectivity index (χ1n) is 6.92. The summed E-state index contributed by atoms with van der Waals surface area (Å²) >= 11 is 4.96. The molecule has 0 spiro atoms. The molecule has 0 saturated carbocycles. The molecule has 5 heteroatoms. The van der Waals surface area contributed by atoms with Crippen molar-refractivity contribution in [3.05, 3.63) is 35.4 Å². The Hall–Kier alpha value is -1.46. The van der Waals surface area contributed by atoms with Gasteiger partial charge in [0.25, 0.3) is 5.91 Å². The number of rotatable bonds is 3. The minimum atomic E-state index is 0.0645. The largest absolute Gasteiger partial charge is 0.389 e. The van der Waals surface area contributed by atoms with Gasteiger partial charge in [-0.05, 0) is 25.6 Å². The van der Waals surface area contributed by atoms with Crippen LogP contribution in [0.15, 0.2) is 24.3 Å². The van der Waals surface area contributed by atoms with Gasteiger partial charge in [-0.15, -0.1) is 0 Å². The fraction of sp³-hybridized carbons (Fsp3) is 0.467. The van der Waals surface area contributed by atoms with Crippen molar-refractivity contribution in [3.63, 3.8) is 0 Å². The molecule has 1 amide bonds. The number of nitrogens with zero attached hydrogens (tertiary/aromatic N) is 2. The maximum atomic E-state index is 12.6. The summed E-state index contributed by atoms with van der Waals surface area (Å²) in [5.74, 6) is 0.0645. The van der Waals surface area contributed by atoms with Crippen LogP contribution >= 0.6 is 12.2 Å². The van der Waals surface area contributed by atoms with Gasteiger partial charge in [-0.1, -0.05) is 31.3 Å². The van der Waals surface area contributed by atoms with Crippen LogP contribution in [0.25, 0.3) is 0 Å². The molecule has 2 N–H and O–H groups in total. The predicted octanol–water partition coefficient (Wildman–Crippen LogP) is 1.49. The third kappa shape index (κ3) is 3.16. The summed E-state index contributed by atoms with van der Waals surface area (Å²) in [4.78, 5) is 17.1. The van der Waals surface area contributed by atoms with Gasteiger partial charge in [-0.3, -0.25) is 9.69 Å². The summed E-state index contributed by atoms with van der Waals surface area (Å²) in [5, 5.41) is 0. The minimum Gasteiger partial charge on any atom is -0.389 e. The first kappa shape index (κ1) is 14.9. The maximum absolute atomic E-state index is 12.6. The van der Waals surface area contributed by atoms with Gasteiger partial charge in [0.15, 0.2) is 0 Å². The van der Waals surface area contributed by atoms with E-state index in [9.17, 15) is 4.79 Å². The number of hydrogen-bond acceptors (Lipinski definition) is 3. The van der Waals surface area contributed by atoms with E-state index in [2.05, 4.69) is 18.9 Å². The molecule has 4 nitrogen and oxygen atoms in total. The van der Waals surface area contributed by atoms with Gasteiger partial charge in [0.2, 0.25) is 0 Å². The molecule has 1 aliphatic rings. The molecule has 0 aliphatic carbocycles. The number of carbonyl (C=O) groups excluding carboxylic acids is 1. The first-order valence-corrected chi connectivity index (χ1v) is 7.33. The SMILES string of the molecule is CCC1CN(C(=O)c2cccc(C(N)=S)c2)CCN1C. The third-order valence-electron chi connectivity index (χ3n) is 3.93. The van der Waals surface area contributed by atoms with Crippen molar-refractivity contribution in [3.8, 4) is 0 Å². The van der Waals surface area contributed by atoms with E-state index >= 15 is 0 Å². The number of hydrogen-bond donors (Lipinski definition) is 1. The predicted molar refractivity (Wildman–Crippen MR) is 84.9 cm³/mol. The molecule has 108 valence electrons. The molecule has 2 rings (SSSR count). The van der Waals surface area contributed by atoms with Crippen LogP contribution in [0.1, 0.15) is 29.3 Å². The molecule has 0 radical (unpaired) electrons. The average Bonchev–Trinajstić information content (AvgIpc) is 2.47. The van der Waals surface area contributed by atoms with Crippen molar-refractivity contribution < 1.29 is 4.79 Å². The zero-order valence-corrected chi connectivity index (χ0v) is 12.8. The second-order valence-corrected chi connectivity index (χ2v) is 5.68. The number of thiocarbonyl (C=S) groups is 1. The molecule has 1 aromatic rings. The Morgan fingerprint density at radius 2 is 2.10 bits per heavy atom. The Labute approximate surface area is 125 Å². The van der Waals surface area contributed by atoms with Crippen LogP contribution < -0.4 is 5.73 Å². The van der Waals surface area contributed by atoms with E-state index in [1.165, 1.54) is 0 Å². The fourth-order valence-corrected chi connectivity index (χ4v) is 2.69. The summed E-state index contributed by atoms with van der Waals surface area (Å²) in [7, 11) is 2.11. The lowest BCUT2D eigenvalue weighted by atomic mass is 10.1. The highest BCUT2D eigenvalue weighted by atomic mass is 32.1. The topological polar surface area (TPSA) is 49.6 Å². The van der Waals surface area contributed by atoms with E-state index in [0.717, 1.165) is 31.6 Å². The van der Waals surface area contributed by atoms with Crippen LogP contribution in [0.2, 0.25) is 0 Å². The standard InChI is InChI=1S/C15H21N3OS/c1-3-13-10-18(8-7-17(13)2)15(19)12-6-4-5-11(9-12)14(16)20/h4-6,9,13H,3,7-8,10H2,1-2H3,(H2,16,20). The van der Waals surface area contributed by atoms with Crippen molar-refractivity contribution >= 4 is 23.1 Å². The summed E-state index contributed by atoms with van der Waals surface area (Å²) in [6.07, 6.45) is 1.05. The van der Waals surface area contributed by atoms with E-state index in [4.69, 9.17) is 18.0 Å². The Morgan fingerprint density at radius 3 is 2.75 bits per heavy atom. The van der Waals surface area contributed by atoms with Gasteiger partial charge in [0.05, 0.1) is 0 Å². The second kappa shape index (κ2) is 6.33. The van der Waals surface area contributed by atoms with Gasteiger partial charge in [0, 0.05) is 36.8 Å². The van der Waals surface area contributed by atoms with E-state index in [-0.39, 0.29) is 5.91 Å². The highest BCUT2D eigenvalue weighted by Gasteiger charge is 2.26. The number of amides is 1. The average molecular weight is 291 g/mol. The van der Waals surface area contributed by atoms with Crippen LogP contribution in [-0.4, -0.2) is 53.4 Å². The Morgan fingerprint density at radius 1 is 1.40 bits per heavy atom. The Bertz CT molecular complexity index is 518. The van der Waals surface area contributed by atoms with Crippen LogP contribution in [0.4, 0.5) is 0 Å². The third-order valence-corrected chi connectivity index (χ3v) is 4.17. The number of nitrogens with two attached hydrogens (primary N) is 1. The lowest BCUT2D eigenvalue weighted by Gasteiger charge is -2.39. The highest BCUT2D eigenvalue weighted by Crippen LogP contribution is 2.15. The van der Waals surface area contributed by atoms with Crippen LogP contribution in [0, 0.1) is 0 Å². The Balaban J connectivity index is 2.15. The first-order chi connectivity index (χ1) is 9.52. The van der Waals surface area contributed by atoms with Gasteiger partial charge in [-0.2, -0.15) is 0 Å². The van der Waals surface area contributed by atoms with Crippen LogP contribution in [0.3, 0.4) is 0 Å². The summed E-state index contributed by atoms with van der Waals surface area (Å²) in [6, 6.07) is 7.70. The molecule has 1 aromatic carbocycles. The van der Waals surface area contributed by atoms with Crippen molar-refractivity contribution in [2.45, 2.75) is 19.4 Å². The van der Waals surface area contributed by atoms with E-state index < -0.39 is 0 Å². The lowest BCUT2D eigenvalue weighted by molar-refractivity contribution is 0.0542. The van der Waals surface area contributed by atoms with Crippen molar-refractivity contribution in [2.24, 2.45) is 5.73 Å². The summed E-state index contributed by atoms with van der Waals surface area (Å²) < 4.78 is 0. The second-order valence-electron chi connectivity index (χ2n) is 5.24. The molecule has 1 heterocycles. The molecule has 20 heavy (non-hydrogen) atoms. The van der Waals surface area contributed by atoms with Crippen molar-refractivity contribution in [1.29, 1.82) is 0 Å². The molecule has 1 aliphatic heterocycles. The maximum Gasteiger partial charge on any atom is 0.253 e.